The minimum atomic E-state index is -0.0612. The molecule has 0 radical (unpaired) electrons. The van der Waals surface area contributed by atoms with Gasteiger partial charge in [0.05, 0.1) is 12.1 Å². The van der Waals surface area contributed by atoms with E-state index in [1.807, 2.05) is 6.07 Å². The standard InChI is InChI=1S/C13H17N3O/c1-13(16-7-6-14-12(17)8-16)9-15-11-5-3-2-4-10(11)13/h2-5,15H,6-9H2,1H3,(H,14,17). The van der Waals surface area contributed by atoms with E-state index in [-0.39, 0.29) is 11.4 Å². The van der Waals surface area contributed by atoms with E-state index >= 15 is 0 Å². The van der Waals surface area contributed by atoms with E-state index in [2.05, 4.69) is 40.7 Å². The van der Waals surface area contributed by atoms with Gasteiger partial charge in [0.1, 0.15) is 0 Å². The molecule has 0 saturated carbocycles. The van der Waals surface area contributed by atoms with Crippen molar-refractivity contribution >= 4 is 11.6 Å². The van der Waals surface area contributed by atoms with Crippen LogP contribution in [0, 0.1) is 0 Å². The quantitative estimate of drug-likeness (QED) is 0.750. The van der Waals surface area contributed by atoms with Crippen LogP contribution in [0.15, 0.2) is 24.3 Å². The molecule has 2 N–H and O–H groups in total. The first-order valence-electron chi connectivity index (χ1n) is 6.05. The van der Waals surface area contributed by atoms with Gasteiger partial charge in [-0.1, -0.05) is 18.2 Å². The number of anilines is 1. The highest BCUT2D eigenvalue weighted by molar-refractivity contribution is 5.79. The topological polar surface area (TPSA) is 44.4 Å². The lowest BCUT2D eigenvalue weighted by Gasteiger charge is -2.40. The molecule has 0 spiro atoms. The van der Waals surface area contributed by atoms with Crippen molar-refractivity contribution in [2.45, 2.75) is 12.5 Å². The molecule has 2 heterocycles. The molecule has 1 unspecified atom stereocenters. The van der Waals surface area contributed by atoms with Crippen molar-refractivity contribution in [1.29, 1.82) is 0 Å². The summed E-state index contributed by atoms with van der Waals surface area (Å²) in [7, 11) is 0. The second kappa shape index (κ2) is 3.74. The molecule has 1 aromatic carbocycles. The van der Waals surface area contributed by atoms with Gasteiger partial charge in [0.15, 0.2) is 0 Å². The molecule has 0 aliphatic carbocycles. The Kier molecular flexibility index (Phi) is 2.33. The van der Waals surface area contributed by atoms with Crippen LogP contribution in [0.3, 0.4) is 0 Å². The average Bonchev–Trinajstić information content (AvgIpc) is 2.69. The van der Waals surface area contributed by atoms with Gasteiger partial charge in [0.25, 0.3) is 0 Å². The second-order valence-electron chi connectivity index (χ2n) is 4.94. The first-order chi connectivity index (χ1) is 8.20. The number of fused-ring (bicyclic) bond motifs is 1. The van der Waals surface area contributed by atoms with Gasteiger partial charge in [-0.05, 0) is 18.6 Å². The molecular weight excluding hydrogens is 214 g/mol. The lowest BCUT2D eigenvalue weighted by molar-refractivity contribution is -0.126. The minimum absolute atomic E-state index is 0.0612. The summed E-state index contributed by atoms with van der Waals surface area (Å²) in [6.45, 7) is 5.24. The highest BCUT2D eigenvalue weighted by Gasteiger charge is 2.41. The molecule has 1 atom stereocenters. The summed E-state index contributed by atoms with van der Waals surface area (Å²) >= 11 is 0. The fourth-order valence-corrected chi connectivity index (χ4v) is 2.81. The minimum Gasteiger partial charge on any atom is -0.383 e. The Balaban J connectivity index is 1.94. The third kappa shape index (κ3) is 1.60. The summed E-state index contributed by atoms with van der Waals surface area (Å²) in [6.07, 6.45) is 0. The Labute approximate surface area is 101 Å². The van der Waals surface area contributed by atoms with Crippen LogP contribution in [-0.4, -0.2) is 37.0 Å². The van der Waals surface area contributed by atoms with Crippen LogP contribution >= 0.6 is 0 Å². The van der Waals surface area contributed by atoms with E-state index < -0.39 is 0 Å². The molecule has 1 amide bonds. The number of rotatable bonds is 1. The van der Waals surface area contributed by atoms with E-state index in [0.717, 1.165) is 19.6 Å². The van der Waals surface area contributed by atoms with Crippen LogP contribution < -0.4 is 10.6 Å². The number of carbonyl (C=O) groups excluding carboxylic acids is 1. The third-order valence-electron chi connectivity index (χ3n) is 3.87. The van der Waals surface area contributed by atoms with Gasteiger partial charge in [0.2, 0.25) is 5.91 Å². The molecule has 0 bridgehead atoms. The molecule has 2 aliphatic heterocycles. The van der Waals surface area contributed by atoms with E-state index in [9.17, 15) is 4.79 Å². The van der Waals surface area contributed by atoms with Crippen molar-refractivity contribution in [3.8, 4) is 0 Å². The average molecular weight is 231 g/mol. The van der Waals surface area contributed by atoms with E-state index in [0.29, 0.717) is 6.54 Å². The van der Waals surface area contributed by atoms with Crippen LogP contribution in [0.5, 0.6) is 0 Å². The maximum atomic E-state index is 11.5. The van der Waals surface area contributed by atoms with Gasteiger partial charge in [-0.3, -0.25) is 9.69 Å². The van der Waals surface area contributed by atoms with Crippen LogP contribution in [0.25, 0.3) is 0 Å². The smallest absolute Gasteiger partial charge is 0.234 e. The largest absolute Gasteiger partial charge is 0.383 e. The number of amides is 1. The number of nitrogens with zero attached hydrogens (tertiary/aromatic N) is 1. The van der Waals surface area contributed by atoms with Gasteiger partial charge in [0, 0.05) is 25.3 Å². The number of para-hydroxylation sites is 1. The van der Waals surface area contributed by atoms with Gasteiger partial charge in [-0.25, -0.2) is 0 Å². The van der Waals surface area contributed by atoms with E-state index in [4.69, 9.17) is 0 Å². The van der Waals surface area contributed by atoms with Crippen molar-refractivity contribution in [3.05, 3.63) is 29.8 Å². The number of piperazine rings is 1. The van der Waals surface area contributed by atoms with Crippen LogP contribution in [0.4, 0.5) is 5.69 Å². The van der Waals surface area contributed by atoms with Crippen LogP contribution in [0.1, 0.15) is 12.5 Å². The fraction of sp³-hybridized carbons (Fsp3) is 0.462. The second-order valence-corrected chi connectivity index (χ2v) is 4.94. The Hall–Kier alpha value is -1.55. The number of carbonyl (C=O) groups is 1. The summed E-state index contributed by atoms with van der Waals surface area (Å²) in [6, 6.07) is 8.36. The van der Waals surface area contributed by atoms with Crippen molar-refractivity contribution in [2.24, 2.45) is 0 Å². The van der Waals surface area contributed by atoms with E-state index in [1.165, 1.54) is 11.3 Å². The number of hydrogen-bond acceptors (Lipinski definition) is 3. The zero-order chi connectivity index (χ0) is 11.9. The van der Waals surface area contributed by atoms with Crippen LogP contribution in [0.2, 0.25) is 0 Å². The van der Waals surface area contributed by atoms with Crippen molar-refractivity contribution in [1.82, 2.24) is 10.2 Å². The molecule has 1 aromatic rings. The normalized spacial score (nSPS) is 28.4. The summed E-state index contributed by atoms with van der Waals surface area (Å²) in [5.41, 5.74) is 2.43. The molecule has 0 aromatic heterocycles. The molecule has 1 saturated heterocycles. The van der Waals surface area contributed by atoms with Crippen LogP contribution in [-0.2, 0) is 10.3 Å². The Bertz CT molecular complexity index is 460. The molecule has 1 fully saturated rings. The summed E-state index contributed by atoms with van der Waals surface area (Å²) in [5.74, 6) is 0.127. The van der Waals surface area contributed by atoms with Gasteiger partial charge in [-0.2, -0.15) is 0 Å². The first-order valence-corrected chi connectivity index (χ1v) is 6.05. The Morgan fingerprint density at radius 1 is 1.29 bits per heavy atom. The third-order valence-corrected chi connectivity index (χ3v) is 3.87. The van der Waals surface area contributed by atoms with Gasteiger partial charge in [-0.15, -0.1) is 0 Å². The molecule has 2 aliphatic rings. The van der Waals surface area contributed by atoms with Gasteiger partial charge >= 0.3 is 0 Å². The molecule has 4 nitrogen and oxygen atoms in total. The zero-order valence-electron chi connectivity index (χ0n) is 9.99. The summed E-state index contributed by atoms with van der Waals surface area (Å²) < 4.78 is 0. The highest BCUT2D eigenvalue weighted by Crippen LogP contribution is 2.38. The lowest BCUT2D eigenvalue weighted by Crippen LogP contribution is -2.56. The Morgan fingerprint density at radius 2 is 2.12 bits per heavy atom. The first kappa shape index (κ1) is 10.6. The highest BCUT2D eigenvalue weighted by atomic mass is 16.2. The Morgan fingerprint density at radius 3 is 2.94 bits per heavy atom. The summed E-state index contributed by atoms with van der Waals surface area (Å²) in [5, 5.41) is 6.31. The predicted octanol–water partition coefficient (Wildman–Crippen LogP) is 0.759. The molecule has 17 heavy (non-hydrogen) atoms. The maximum absolute atomic E-state index is 11.5. The fourth-order valence-electron chi connectivity index (χ4n) is 2.81. The number of hydrogen-bond donors (Lipinski definition) is 2. The van der Waals surface area contributed by atoms with Crippen molar-refractivity contribution < 1.29 is 4.79 Å². The van der Waals surface area contributed by atoms with Crippen molar-refractivity contribution in [3.63, 3.8) is 0 Å². The van der Waals surface area contributed by atoms with Crippen molar-refractivity contribution in [2.75, 3.05) is 31.5 Å². The molecule has 90 valence electrons. The SMILES string of the molecule is CC1(N2CCNC(=O)C2)CNc2ccccc21. The molecular formula is C13H17N3O. The van der Waals surface area contributed by atoms with Gasteiger partial charge < -0.3 is 10.6 Å². The lowest BCUT2D eigenvalue weighted by atomic mass is 9.91. The monoisotopic (exact) mass is 231 g/mol. The zero-order valence-corrected chi connectivity index (χ0v) is 9.99. The molecule has 4 heteroatoms. The maximum Gasteiger partial charge on any atom is 0.234 e. The molecule has 3 rings (SSSR count). The number of nitrogens with one attached hydrogen (secondary N) is 2. The summed E-state index contributed by atoms with van der Waals surface area (Å²) in [4.78, 5) is 13.8. The number of benzene rings is 1. The predicted molar refractivity (Wildman–Crippen MR) is 66.9 cm³/mol. The van der Waals surface area contributed by atoms with E-state index in [1.54, 1.807) is 0 Å².